The monoisotopic (exact) mass is 395 g/mol. The van der Waals surface area contributed by atoms with Crippen molar-refractivity contribution in [2.75, 3.05) is 5.73 Å². The van der Waals surface area contributed by atoms with Crippen LogP contribution in [-0.4, -0.2) is 9.55 Å². The van der Waals surface area contributed by atoms with Gasteiger partial charge in [0.1, 0.15) is 11.3 Å². The highest BCUT2D eigenvalue weighted by Gasteiger charge is 2.38. The van der Waals surface area contributed by atoms with Crippen LogP contribution in [0.3, 0.4) is 0 Å². The third-order valence-corrected chi connectivity index (χ3v) is 7.01. The van der Waals surface area contributed by atoms with Gasteiger partial charge in [0.25, 0.3) is 0 Å². The van der Waals surface area contributed by atoms with Crippen molar-refractivity contribution in [2.24, 2.45) is 0 Å². The van der Waals surface area contributed by atoms with E-state index in [0.717, 1.165) is 47.5 Å². The van der Waals surface area contributed by atoms with Gasteiger partial charge in [-0.1, -0.05) is 67.9 Å². The first-order valence-corrected chi connectivity index (χ1v) is 10.9. The first kappa shape index (κ1) is 18.9. The molecule has 0 saturated heterocycles. The highest BCUT2D eigenvalue weighted by Crippen LogP contribution is 2.51. The number of aromatic nitrogens is 2. The van der Waals surface area contributed by atoms with E-state index >= 15 is 0 Å². The smallest absolute Gasteiger partial charge is 0.112 e. The van der Waals surface area contributed by atoms with Gasteiger partial charge in [0.2, 0.25) is 0 Å². The minimum Gasteiger partial charge on any atom is -0.397 e. The molecule has 152 valence electrons. The molecule has 0 atom stereocenters. The molecule has 1 aliphatic rings. The molecular weight excluding hydrogens is 366 g/mol. The molecule has 3 nitrogen and oxygen atoms in total. The Labute approximate surface area is 178 Å². The predicted octanol–water partition coefficient (Wildman–Crippen LogP) is 6.39. The van der Waals surface area contributed by atoms with Crippen LogP contribution in [0.1, 0.15) is 48.7 Å². The van der Waals surface area contributed by atoms with Gasteiger partial charge in [-0.2, -0.15) is 0 Å². The Kier molecular flexibility index (Phi) is 4.43. The largest absolute Gasteiger partial charge is 0.397 e. The highest BCUT2D eigenvalue weighted by atomic mass is 15.1. The van der Waals surface area contributed by atoms with Crippen LogP contribution in [-0.2, 0) is 12.0 Å². The number of anilines is 1. The molecule has 1 aliphatic carbocycles. The summed E-state index contributed by atoms with van der Waals surface area (Å²) in [6.45, 7) is 7.52. The number of imidazole rings is 1. The number of nitrogens with zero attached hydrogens (tertiary/aromatic N) is 2. The molecule has 0 unspecified atom stereocenters. The van der Waals surface area contributed by atoms with Crippen molar-refractivity contribution in [3.8, 4) is 11.1 Å². The molecule has 0 aliphatic heterocycles. The van der Waals surface area contributed by atoms with Crippen molar-refractivity contribution in [3.05, 3.63) is 83.2 Å². The van der Waals surface area contributed by atoms with Crippen LogP contribution < -0.4 is 5.73 Å². The Morgan fingerprint density at radius 1 is 0.867 bits per heavy atom. The third kappa shape index (κ3) is 2.76. The summed E-state index contributed by atoms with van der Waals surface area (Å²) < 4.78 is 2.32. The van der Waals surface area contributed by atoms with E-state index in [1.54, 1.807) is 0 Å². The lowest BCUT2D eigenvalue weighted by atomic mass is 9.76. The molecule has 0 radical (unpaired) electrons. The van der Waals surface area contributed by atoms with E-state index in [1.807, 2.05) is 6.92 Å². The van der Waals surface area contributed by atoms with E-state index < -0.39 is 0 Å². The van der Waals surface area contributed by atoms with E-state index in [2.05, 4.69) is 79.1 Å². The number of nitrogen functional groups attached to an aromatic ring is 1. The summed E-state index contributed by atoms with van der Waals surface area (Å²) in [6, 6.07) is 22.1. The Bertz CT molecular complexity index is 1200. The zero-order chi connectivity index (χ0) is 20.9. The van der Waals surface area contributed by atoms with E-state index in [-0.39, 0.29) is 5.41 Å². The first-order chi connectivity index (χ1) is 14.5. The van der Waals surface area contributed by atoms with Crippen LogP contribution in [0.25, 0.3) is 22.2 Å². The summed E-state index contributed by atoms with van der Waals surface area (Å²) in [5.74, 6) is 1.05. The van der Waals surface area contributed by atoms with Crippen LogP contribution in [0.2, 0.25) is 0 Å². The lowest BCUT2D eigenvalue weighted by Crippen LogP contribution is -2.20. The number of unbranched alkanes of at least 4 members (excludes halogenated alkanes) is 1. The zero-order valence-corrected chi connectivity index (χ0v) is 18.1. The molecule has 0 amide bonds. The fourth-order valence-corrected chi connectivity index (χ4v) is 5.27. The number of rotatable bonds is 5. The van der Waals surface area contributed by atoms with E-state index in [9.17, 15) is 0 Å². The van der Waals surface area contributed by atoms with Crippen LogP contribution in [0.5, 0.6) is 0 Å². The molecule has 3 aromatic carbocycles. The van der Waals surface area contributed by atoms with Gasteiger partial charge < -0.3 is 10.3 Å². The zero-order valence-electron chi connectivity index (χ0n) is 18.1. The molecule has 1 heterocycles. The molecule has 3 heteroatoms. The molecule has 2 N–H and O–H groups in total. The molecule has 30 heavy (non-hydrogen) atoms. The average Bonchev–Trinajstić information content (AvgIpc) is 3.22. The summed E-state index contributed by atoms with van der Waals surface area (Å²) in [5.41, 5.74) is 16.1. The van der Waals surface area contributed by atoms with Crippen LogP contribution in [0, 0.1) is 13.8 Å². The van der Waals surface area contributed by atoms with Gasteiger partial charge >= 0.3 is 0 Å². The van der Waals surface area contributed by atoms with Crippen molar-refractivity contribution in [2.45, 2.75) is 52.0 Å². The second-order valence-electron chi connectivity index (χ2n) is 8.85. The summed E-state index contributed by atoms with van der Waals surface area (Å²) >= 11 is 0. The number of fused-ring (bicyclic) bond motifs is 4. The number of hydrogen-bond acceptors (Lipinski definition) is 2. The lowest BCUT2D eigenvalue weighted by Gasteiger charge is -2.27. The summed E-state index contributed by atoms with van der Waals surface area (Å²) in [7, 11) is 0. The number of hydrogen-bond donors (Lipinski definition) is 1. The van der Waals surface area contributed by atoms with E-state index in [0.29, 0.717) is 0 Å². The Hall–Kier alpha value is -3.07. The molecule has 0 saturated carbocycles. The minimum absolute atomic E-state index is 0.0841. The number of aryl methyl sites for hydroxylation is 3. The quantitative estimate of drug-likeness (QED) is 0.314. The molecule has 1 aromatic heterocycles. The fourth-order valence-electron chi connectivity index (χ4n) is 5.27. The van der Waals surface area contributed by atoms with Gasteiger partial charge in [0, 0.05) is 12.0 Å². The Balaban J connectivity index is 1.36. The SMILES string of the molecule is Cc1ccc2c(nc(C)n2CCCCC2(C)c3ccccc3-c3ccccc32)c1N. The first-order valence-electron chi connectivity index (χ1n) is 10.9. The van der Waals surface area contributed by atoms with Crippen molar-refractivity contribution < 1.29 is 0 Å². The maximum Gasteiger partial charge on any atom is 0.112 e. The van der Waals surface area contributed by atoms with Crippen molar-refractivity contribution in [1.82, 2.24) is 9.55 Å². The summed E-state index contributed by atoms with van der Waals surface area (Å²) in [5, 5.41) is 0. The van der Waals surface area contributed by atoms with Gasteiger partial charge in [-0.25, -0.2) is 4.98 Å². The molecular formula is C27H29N3. The van der Waals surface area contributed by atoms with E-state index in [4.69, 9.17) is 10.7 Å². The van der Waals surface area contributed by atoms with Gasteiger partial charge in [0.15, 0.2) is 0 Å². The Morgan fingerprint density at radius 2 is 1.50 bits per heavy atom. The second-order valence-corrected chi connectivity index (χ2v) is 8.85. The number of nitrogens with two attached hydrogens (primary N) is 1. The van der Waals surface area contributed by atoms with Gasteiger partial charge in [-0.05, 0) is 60.6 Å². The van der Waals surface area contributed by atoms with Crippen molar-refractivity contribution in [1.29, 1.82) is 0 Å². The average molecular weight is 396 g/mol. The summed E-state index contributed by atoms with van der Waals surface area (Å²) in [4.78, 5) is 4.74. The van der Waals surface area contributed by atoms with Gasteiger partial charge in [-0.15, -0.1) is 0 Å². The molecule has 0 bridgehead atoms. The van der Waals surface area contributed by atoms with Crippen LogP contribution in [0.15, 0.2) is 60.7 Å². The Morgan fingerprint density at radius 3 is 2.17 bits per heavy atom. The minimum atomic E-state index is 0.0841. The van der Waals surface area contributed by atoms with Crippen molar-refractivity contribution in [3.63, 3.8) is 0 Å². The topological polar surface area (TPSA) is 43.8 Å². The van der Waals surface area contributed by atoms with Crippen LogP contribution >= 0.6 is 0 Å². The number of benzene rings is 3. The fraction of sp³-hybridized carbons (Fsp3) is 0.296. The molecule has 5 rings (SSSR count). The molecule has 4 aromatic rings. The highest BCUT2D eigenvalue weighted by molar-refractivity contribution is 5.89. The maximum absolute atomic E-state index is 6.27. The summed E-state index contributed by atoms with van der Waals surface area (Å²) in [6.07, 6.45) is 3.44. The van der Waals surface area contributed by atoms with Gasteiger partial charge in [0.05, 0.1) is 11.2 Å². The molecule has 0 spiro atoms. The third-order valence-electron chi connectivity index (χ3n) is 7.01. The maximum atomic E-state index is 6.27. The molecule has 0 fully saturated rings. The predicted molar refractivity (Wildman–Crippen MR) is 126 cm³/mol. The van der Waals surface area contributed by atoms with Crippen LogP contribution in [0.4, 0.5) is 5.69 Å². The van der Waals surface area contributed by atoms with Gasteiger partial charge in [-0.3, -0.25) is 0 Å². The normalized spacial score (nSPS) is 14.1. The van der Waals surface area contributed by atoms with Crippen molar-refractivity contribution >= 4 is 16.7 Å². The second kappa shape index (κ2) is 7.02. The standard InChI is InChI=1S/C27H29N3/c1-18-14-15-24-26(25(18)28)29-19(2)30(24)17-9-8-16-27(3)22-12-6-4-10-20(22)21-11-5-7-13-23(21)27/h4-7,10-15H,8-9,16-17,28H2,1-3H3. The lowest BCUT2D eigenvalue weighted by molar-refractivity contribution is 0.477. The van der Waals surface area contributed by atoms with E-state index in [1.165, 1.54) is 28.7 Å².